The summed E-state index contributed by atoms with van der Waals surface area (Å²) in [7, 11) is 0. The van der Waals surface area contributed by atoms with Gasteiger partial charge in [0, 0.05) is 10.9 Å². The number of aryl methyl sites for hydroxylation is 1. The molecule has 2 aromatic heterocycles. The summed E-state index contributed by atoms with van der Waals surface area (Å²) in [6.07, 6.45) is 5.96. The second-order valence-electron chi connectivity index (χ2n) is 5.67. The fourth-order valence-corrected chi connectivity index (χ4v) is 4.54. The molecule has 1 fully saturated rings. The van der Waals surface area contributed by atoms with Crippen molar-refractivity contribution in [2.24, 2.45) is 0 Å². The van der Waals surface area contributed by atoms with Crippen LogP contribution in [0.25, 0.3) is 9.88 Å². The molecule has 1 saturated carbocycles. The highest BCUT2D eigenvalue weighted by atomic mass is 32.1. The summed E-state index contributed by atoms with van der Waals surface area (Å²) in [4.78, 5) is 18.9. The van der Waals surface area contributed by atoms with E-state index in [4.69, 9.17) is 0 Å². The zero-order valence-corrected chi connectivity index (χ0v) is 14.4. The monoisotopic (exact) mass is 335 g/mol. The first kappa shape index (κ1) is 15.5. The van der Waals surface area contributed by atoms with Gasteiger partial charge in [-0.3, -0.25) is 0 Å². The number of carbonyl (C=O) groups is 1. The van der Waals surface area contributed by atoms with E-state index in [1.807, 2.05) is 13.0 Å². The van der Waals surface area contributed by atoms with Crippen molar-refractivity contribution in [3.63, 3.8) is 0 Å². The third kappa shape index (κ3) is 3.87. The van der Waals surface area contributed by atoms with E-state index in [2.05, 4.69) is 27.1 Å². The second kappa shape index (κ2) is 7.24. The highest BCUT2D eigenvalue weighted by molar-refractivity contribution is 7.21. The van der Waals surface area contributed by atoms with E-state index >= 15 is 0 Å². The number of hydrogen-bond acceptors (Lipinski definition) is 4. The molecule has 1 aliphatic rings. The molecule has 0 unspecified atom stereocenters. The fraction of sp³-hybridized carbons (Fsp3) is 0.500. The van der Waals surface area contributed by atoms with Crippen LogP contribution in [-0.4, -0.2) is 17.1 Å². The molecule has 0 bridgehead atoms. The Kier molecular flexibility index (Phi) is 5.10. The van der Waals surface area contributed by atoms with Gasteiger partial charge in [-0.25, -0.2) is 9.78 Å². The first-order chi connectivity index (χ1) is 10.7. The summed E-state index contributed by atoms with van der Waals surface area (Å²) in [5, 5.41) is 9.14. The van der Waals surface area contributed by atoms with Crippen LogP contribution >= 0.6 is 22.7 Å². The Morgan fingerprint density at radius 3 is 2.91 bits per heavy atom. The Hall–Kier alpha value is -1.40. The van der Waals surface area contributed by atoms with Crippen molar-refractivity contribution in [3.8, 4) is 9.88 Å². The van der Waals surface area contributed by atoms with Crippen molar-refractivity contribution in [2.45, 2.75) is 51.6 Å². The van der Waals surface area contributed by atoms with E-state index in [0.717, 1.165) is 28.4 Å². The van der Waals surface area contributed by atoms with E-state index in [9.17, 15) is 4.79 Å². The molecule has 2 heterocycles. The lowest BCUT2D eigenvalue weighted by molar-refractivity contribution is 0.232. The first-order valence-electron chi connectivity index (χ1n) is 7.77. The standard InChI is InChI=1S/C16H21N3OS2/c1-11-14(22-15(18-11)13-8-5-9-21-13)10-17-16(20)19-12-6-3-2-4-7-12/h5,8-9,12H,2-4,6-7,10H2,1H3,(H2,17,19,20). The Morgan fingerprint density at radius 2 is 2.18 bits per heavy atom. The Morgan fingerprint density at radius 1 is 1.36 bits per heavy atom. The van der Waals surface area contributed by atoms with Crippen LogP contribution in [0, 0.1) is 6.92 Å². The SMILES string of the molecule is Cc1nc(-c2cccs2)sc1CNC(=O)NC1CCCCC1. The molecular formula is C16H21N3OS2. The van der Waals surface area contributed by atoms with Crippen LogP contribution in [0.15, 0.2) is 17.5 Å². The molecule has 2 amide bonds. The molecule has 3 rings (SSSR count). The number of thiazole rings is 1. The quantitative estimate of drug-likeness (QED) is 0.874. The van der Waals surface area contributed by atoms with E-state index in [1.54, 1.807) is 22.7 Å². The summed E-state index contributed by atoms with van der Waals surface area (Å²) in [5.41, 5.74) is 1.01. The van der Waals surface area contributed by atoms with Gasteiger partial charge in [0.15, 0.2) is 0 Å². The van der Waals surface area contributed by atoms with Crippen LogP contribution in [0.4, 0.5) is 4.79 Å². The van der Waals surface area contributed by atoms with Gasteiger partial charge in [0.05, 0.1) is 17.1 Å². The minimum absolute atomic E-state index is 0.0580. The smallest absolute Gasteiger partial charge is 0.315 e. The number of aromatic nitrogens is 1. The zero-order valence-electron chi connectivity index (χ0n) is 12.7. The van der Waals surface area contributed by atoms with E-state index in [-0.39, 0.29) is 6.03 Å². The van der Waals surface area contributed by atoms with Gasteiger partial charge in [-0.05, 0) is 31.2 Å². The number of carbonyl (C=O) groups excluding carboxylic acids is 1. The highest BCUT2D eigenvalue weighted by Crippen LogP contribution is 2.30. The average Bonchev–Trinajstić information content (AvgIpc) is 3.16. The molecule has 118 valence electrons. The molecule has 0 atom stereocenters. The van der Waals surface area contributed by atoms with Crippen molar-refractivity contribution in [2.75, 3.05) is 0 Å². The molecule has 0 radical (unpaired) electrons. The van der Waals surface area contributed by atoms with Crippen LogP contribution in [-0.2, 0) is 6.54 Å². The van der Waals surface area contributed by atoms with Crippen LogP contribution < -0.4 is 10.6 Å². The molecule has 0 aromatic carbocycles. The van der Waals surface area contributed by atoms with Gasteiger partial charge in [0.25, 0.3) is 0 Å². The van der Waals surface area contributed by atoms with E-state index in [1.165, 1.54) is 24.1 Å². The number of nitrogens with zero attached hydrogens (tertiary/aromatic N) is 1. The van der Waals surface area contributed by atoms with Crippen molar-refractivity contribution >= 4 is 28.7 Å². The van der Waals surface area contributed by atoms with Gasteiger partial charge in [-0.15, -0.1) is 22.7 Å². The second-order valence-corrected chi connectivity index (χ2v) is 7.70. The van der Waals surface area contributed by atoms with E-state index in [0.29, 0.717) is 12.6 Å². The normalized spacial score (nSPS) is 15.7. The van der Waals surface area contributed by atoms with Crippen LogP contribution in [0.5, 0.6) is 0 Å². The van der Waals surface area contributed by atoms with E-state index < -0.39 is 0 Å². The molecule has 2 N–H and O–H groups in total. The predicted octanol–water partition coefficient (Wildman–Crippen LogP) is 4.31. The number of rotatable bonds is 4. The lowest BCUT2D eigenvalue weighted by Crippen LogP contribution is -2.42. The topological polar surface area (TPSA) is 54.0 Å². The van der Waals surface area contributed by atoms with Crippen LogP contribution in [0.1, 0.15) is 42.7 Å². The molecule has 0 spiro atoms. The van der Waals surface area contributed by atoms with Gasteiger partial charge in [0.1, 0.15) is 5.01 Å². The van der Waals surface area contributed by atoms with Crippen molar-refractivity contribution in [1.82, 2.24) is 15.6 Å². The molecule has 22 heavy (non-hydrogen) atoms. The summed E-state index contributed by atoms with van der Waals surface area (Å²) in [5.74, 6) is 0. The minimum atomic E-state index is -0.0580. The molecule has 0 aliphatic heterocycles. The number of thiophene rings is 1. The Labute approximate surface area is 139 Å². The maximum atomic E-state index is 12.0. The van der Waals surface area contributed by atoms with Crippen molar-refractivity contribution in [3.05, 3.63) is 28.1 Å². The lowest BCUT2D eigenvalue weighted by atomic mass is 9.96. The van der Waals surface area contributed by atoms with Gasteiger partial charge in [-0.2, -0.15) is 0 Å². The molecule has 6 heteroatoms. The Balaban J connectivity index is 1.53. The third-order valence-electron chi connectivity index (χ3n) is 3.97. The van der Waals surface area contributed by atoms with Crippen LogP contribution in [0.3, 0.4) is 0 Å². The number of amides is 2. The van der Waals surface area contributed by atoms with Gasteiger partial charge >= 0.3 is 6.03 Å². The predicted molar refractivity (Wildman–Crippen MR) is 92.4 cm³/mol. The van der Waals surface area contributed by atoms with Crippen molar-refractivity contribution < 1.29 is 4.79 Å². The maximum Gasteiger partial charge on any atom is 0.315 e. The maximum absolute atomic E-state index is 12.0. The molecular weight excluding hydrogens is 314 g/mol. The van der Waals surface area contributed by atoms with Gasteiger partial charge in [0.2, 0.25) is 0 Å². The summed E-state index contributed by atoms with van der Waals surface area (Å²) >= 11 is 3.36. The van der Waals surface area contributed by atoms with Crippen LogP contribution in [0.2, 0.25) is 0 Å². The summed E-state index contributed by atoms with van der Waals surface area (Å²) in [6.45, 7) is 2.55. The number of hydrogen-bond donors (Lipinski definition) is 2. The first-order valence-corrected chi connectivity index (χ1v) is 9.46. The summed E-state index contributed by atoms with van der Waals surface area (Å²) < 4.78 is 0. The summed E-state index contributed by atoms with van der Waals surface area (Å²) in [6, 6.07) is 4.40. The van der Waals surface area contributed by atoms with Gasteiger partial charge < -0.3 is 10.6 Å². The van der Waals surface area contributed by atoms with Gasteiger partial charge in [-0.1, -0.05) is 25.3 Å². The number of urea groups is 1. The molecule has 1 aliphatic carbocycles. The Bertz CT molecular complexity index is 615. The molecule has 0 saturated heterocycles. The van der Waals surface area contributed by atoms with Crippen molar-refractivity contribution in [1.29, 1.82) is 0 Å². The zero-order chi connectivity index (χ0) is 15.4. The molecule has 4 nitrogen and oxygen atoms in total. The minimum Gasteiger partial charge on any atom is -0.335 e. The molecule has 2 aromatic rings. The number of nitrogens with one attached hydrogen (secondary N) is 2. The fourth-order valence-electron chi connectivity index (χ4n) is 2.74. The average molecular weight is 335 g/mol. The lowest BCUT2D eigenvalue weighted by Gasteiger charge is -2.22. The highest BCUT2D eigenvalue weighted by Gasteiger charge is 2.16. The largest absolute Gasteiger partial charge is 0.335 e. The third-order valence-corrected chi connectivity index (χ3v) is 6.17.